The number of nitrogens with two attached hydrogens (primary N) is 1. The first-order valence-electron chi connectivity index (χ1n) is 6.90. The predicted molar refractivity (Wildman–Crippen MR) is 75.6 cm³/mol. The van der Waals surface area contributed by atoms with Gasteiger partial charge < -0.3 is 45.4 Å². The van der Waals surface area contributed by atoms with Crippen LogP contribution in [0, 0.1) is 0 Å². The summed E-state index contributed by atoms with van der Waals surface area (Å²) in [5, 5.41) is 39.0. The third kappa shape index (κ3) is 5.67. The minimum absolute atomic E-state index is 0.735. The molecule has 1 heterocycles. The van der Waals surface area contributed by atoms with Crippen LogP contribution in [0.2, 0.25) is 0 Å². The second kappa shape index (κ2) is 8.03. The third-order valence-corrected chi connectivity index (χ3v) is 3.89. The summed E-state index contributed by atoms with van der Waals surface area (Å²) in [6.07, 6.45) is -8.07. The molecule has 0 aromatic rings. The van der Waals surface area contributed by atoms with E-state index in [2.05, 4.69) is 9.26 Å². The summed E-state index contributed by atoms with van der Waals surface area (Å²) in [6.45, 7) is -0.148. The highest BCUT2D eigenvalue weighted by Crippen LogP contribution is 2.37. The topological polar surface area (TPSA) is 226 Å². The van der Waals surface area contributed by atoms with Gasteiger partial charge in [-0.3, -0.25) is 9.32 Å². The van der Waals surface area contributed by atoms with Crippen molar-refractivity contribution in [2.24, 2.45) is 5.73 Å². The van der Waals surface area contributed by atoms with Gasteiger partial charge in [0.15, 0.2) is 0 Å². The Hall–Kier alpha value is -1.15. The molecule has 1 fully saturated rings. The third-order valence-electron chi connectivity index (χ3n) is 3.41. The Kier molecular flexibility index (Phi) is 7.03. The van der Waals surface area contributed by atoms with E-state index in [1.807, 2.05) is 0 Å². The molecule has 0 bridgehead atoms. The van der Waals surface area contributed by atoms with E-state index >= 15 is 0 Å². The van der Waals surface area contributed by atoms with E-state index in [0.717, 1.165) is 6.92 Å². The van der Waals surface area contributed by atoms with Gasteiger partial charge in [0.1, 0.15) is 18.3 Å². The summed E-state index contributed by atoms with van der Waals surface area (Å²) in [7, 11) is -4.94. The molecular formula is C11H20NO12P. The van der Waals surface area contributed by atoms with Gasteiger partial charge in [0.25, 0.3) is 0 Å². The van der Waals surface area contributed by atoms with E-state index in [0.29, 0.717) is 0 Å². The van der Waals surface area contributed by atoms with Crippen LogP contribution in [0.1, 0.15) is 13.3 Å². The smallest absolute Gasteiger partial charge is 0.469 e. The maximum Gasteiger partial charge on any atom is 0.469 e. The van der Waals surface area contributed by atoms with Gasteiger partial charge in [-0.25, -0.2) is 9.36 Å². The SMILES string of the molecule is CC(=O)O[C@@]1(C(=O)O)C[C@H](O)[C@@H](N)[C@H]([C@H](O)[C@H](O)COP(=O)(O)O)O1. The molecule has 1 aliphatic heterocycles. The number of ether oxygens (including phenoxy) is 2. The molecular weight excluding hydrogens is 369 g/mol. The van der Waals surface area contributed by atoms with Gasteiger partial charge in [-0.2, -0.15) is 0 Å². The van der Waals surface area contributed by atoms with Gasteiger partial charge in [0.05, 0.1) is 25.2 Å². The molecule has 0 spiro atoms. The van der Waals surface area contributed by atoms with Crippen LogP contribution in [0.5, 0.6) is 0 Å². The van der Waals surface area contributed by atoms with Crippen LogP contribution in [-0.4, -0.2) is 85.0 Å². The second-order valence-corrected chi connectivity index (χ2v) is 6.67. The number of aliphatic carboxylic acids is 1. The van der Waals surface area contributed by atoms with Crippen LogP contribution in [0.3, 0.4) is 0 Å². The second-order valence-electron chi connectivity index (χ2n) is 5.43. The van der Waals surface area contributed by atoms with Crippen molar-refractivity contribution in [3.05, 3.63) is 0 Å². The molecule has 0 radical (unpaired) electrons. The zero-order chi connectivity index (χ0) is 19.6. The largest absolute Gasteiger partial charge is 0.476 e. The Morgan fingerprint density at radius 3 is 2.40 bits per heavy atom. The monoisotopic (exact) mass is 389 g/mol. The lowest BCUT2D eigenvalue weighted by Gasteiger charge is -2.44. The highest BCUT2D eigenvalue weighted by molar-refractivity contribution is 7.46. The standard InChI is InChI=1S/C11H20NO12P/c1-4(13)23-11(10(17)18)2-5(14)7(12)9(24-11)8(16)6(15)3-22-25(19,20)21/h5-9,14-16H,2-3,12H2,1H3,(H,17,18)(H2,19,20,21)/t5-,6+,7+,8+,9+,11-/m0/s1. The number of carbonyl (C=O) groups excluding carboxylic acids is 1. The number of hydrogen-bond acceptors (Lipinski definition) is 10. The van der Waals surface area contributed by atoms with Crippen LogP contribution < -0.4 is 5.73 Å². The van der Waals surface area contributed by atoms with Crippen LogP contribution in [0.25, 0.3) is 0 Å². The maximum absolute atomic E-state index is 11.4. The fourth-order valence-corrected chi connectivity index (χ4v) is 2.59. The molecule has 0 aliphatic carbocycles. The summed E-state index contributed by atoms with van der Waals surface area (Å²) in [6, 6.07) is -1.40. The molecule has 13 nitrogen and oxygen atoms in total. The van der Waals surface area contributed by atoms with E-state index in [-0.39, 0.29) is 0 Å². The van der Waals surface area contributed by atoms with Crippen molar-refractivity contribution >= 4 is 19.8 Å². The molecule has 0 saturated carbocycles. The molecule has 6 atom stereocenters. The average molecular weight is 389 g/mol. The Bertz CT molecular complexity index is 551. The molecule has 1 saturated heterocycles. The van der Waals surface area contributed by atoms with E-state index < -0.39 is 69.0 Å². The molecule has 8 N–H and O–H groups in total. The van der Waals surface area contributed by atoms with Crippen LogP contribution in [0.4, 0.5) is 0 Å². The number of rotatable bonds is 7. The molecule has 0 unspecified atom stereocenters. The van der Waals surface area contributed by atoms with Crippen molar-refractivity contribution in [3.63, 3.8) is 0 Å². The Morgan fingerprint density at radius 1 is 1.40 bits per heavy atom. The van der Waals surface area contributed by atoms with E-state index in [4.69, 9.17) is 20.3 Å². The van der Waals surface area contributed by atoms with Crippen molar-refractivity contribution in [3.8, 4) is 0 Å². The number of hydrogen-bond donors (Lipinski definition) is 7. The number of carbonyl (C=O) groups is 2. The average Bonchev–Trinajstić information content (AvgIpc) is 2.46. The molecule has 1 aliphatic rings. The number of esters is 1. The van der Waals surface area contributed by atoms with Gasteiger partial charge in [0, 0.05) is 6.92 Å². The Balaban J connectivity index is 3.00. The summed E-state index contributed by atoms with van der Waals surface area (Å²) in [4.78, 5) is 39.7. The molecule has 0 aromatic carbocycles. The van der Waals surface area contributed by atoms with E-state index in [1.54, 1.807) is 0 Å². The van der Waals surface area contributed by atoms with Crippen LogP contribution in [-0.2, 0) is 28.2 Å². The molecule has 0 amide bonds. The fraction of sp³-hybridized carbons (Fsp3) is 0.818. The minimum Gasteiger partial charge on any atom is -0.476 e. The summed E-state index contributed by atoms with van der Waals surface area (Å²) in [5.74, 6) is -5.49. The lowest BCUT2D eigenvalue weighted by molar-refractivity contribution is -0.298. The van der Waals surface area contributed by atoms with Crippen LogP contribution in [0.15, 0.2) is 0 Å². The van der Waals surface area contributed by atoms with Crippen molar-refractivity contribution in [2.75, 3.05) is 6.61 Å². The van der Waals surface area contributed by atoms with E-state index in [9.17, 15) is 34.6 Å². The van der Waals surface area contributed by atoms with Crippen molar-refractivity contribution in [1.82, 2.24) is 0 Å². The molecule has 0 aromatic heterocycles. The quantitative estimate of drug-likeness (QED) is 0.167. The predicted octanol–water partition coefficient (Wildman–Crippen LogP) is -3.36. The Labute approximate surface area is 141 Å². The number of carboxylic acids is 1. The van der Waals surface area contributed by atoms with Gasteiger partial charge in [0.2, 0.25) is 0 Å². The maximum atomic E-state index is 11.4. The first-order chi connectivity index (χ1) is 11.3. The highest BCUT2D eigenvalue weighted by Gasteiger charge is 2.56. The Morgan fingerprint density at radius 2 is 1.96 bits per heavy atom. The number of phosphoric acid groups is 1. The van der Waals surface area contributed by atoms with Gasteiger partial charge >= 0.3 is 25.5 Å². The zero-order valence-corrected chi connectivity index (χ0v) is 13.9. The molecule has 25 heavy (non-hydrogen) atoms. The van der Waals surface area contributed by atoms with Crippen molar-refractivity contribution in [1.29, 1.82) is 0 Å². The summed E-state index contributed by atoms with van der Waals surface area (Å²) < 4.78 is 24.3. The number of phosphoric ester groups is 1. The van der Waals surface area contributed by atoms with E-state index in [1.165, 1.54) is 0 Å². The fourth-order valence-electron chi connectivity index (χ4n) is 2.24. The molecule has 14 heteroatoms. The van der Waals surface area contributed by atoms with Gasteiger partial charge in [-0.1, -0.05) is 0 Å². The molecule has 146 valence electrons. The van der Waals surface area contributed by atoms with Crippen molar-refractivity contribution in [2.45, 2.75) is 49.6 Å². The number of aliphatic hydroxyl groups is 3. The zero-order valence-electron chi connectivity index (χ0n) is 13.0. The summed E-state index contributed by atoms with van der Waals surface area (Å²) in [5.41, 5.74) is 5.62. The number of aliphatic hydroxyl groups excluding tert-OH is 3. The van der Waals surface area contributed by atoms with Gasteiger partial charge in [-0.15, -0.1) is 0 Å². The normalized spacial score (nSPS) is 32.7. The summed E-state index contributed by atoms with van der Waals surface area (Å²) >= 11 is 0. The minimum atomic E-state index is -4.94. The number of carboxylic acid groups (broad SMARTS) is 1. The first-order valence-corrected chi connectivity index (χ1v) is 8.43. The lowest BCUT2D eigenvalue weighted by atomic mass is 9.89. The lowest BCUT2D eigenvalue weighted by Crippen LogP contribution is -2.66. The molecule has 1 rings (SSSR count). The van der Waals surface area contributed by atoms with Gasteiger partial charge in [-0.05, 0) is 0 Å². The highest BCUT2D eigenvalue weighted by atomic mass is 31.2. The van der Waals surface area contributed by atoms with Crippen LogP contribution >= 0.6 is 7.82 Å². The van der Waals surface area contributed by atoms with Crippen molar-refractivity contribution < 1.29 is 58.4 Å². The first kappa shape index (κ1) is 21.9.